The second kappa shape index (κ2) is 5.53. The van der Waals surface area contributed by atoms with E-state index in [-0.39, 0.29) is 5.91 Å². The Morgan fingerprint density at radius 2 is 2.25 bits per heavy atom. The fourth-order valence-corrected chi connectivity index (χ4v) is 2.64. The van der Waals surface area contributed by atoms with Gasteiger partial charge in [-0.15, -0.1) is 0 Å². The molecule has 1 amide bonds. The first-order valence-electron chi connectivity index (χ1n) is 6.44. The average Bonchev–Trinajstić information content (AvgIpc) is 3.18. The molecule has 1 aromatic heterocycles. The predicted octanol–water partition coefficient (Wildman–Crippen LogP) is 2.87. The normalized spacial score (nSPS) is 14.3. The van der Waals surface area contributed by atoms with Gasteiger partial charge in [-0.25, -0.2) is 0 Å². The van der Waals surface area contributed by atoms with E-state index in [1.165, 1.54) is 0 Å². The van der Waals surface area contributed by atoms with E-state index in [0.29, 0.717) is 18.2 Å². The van der Waals surface area contributed by atoms with E-state index in [9.17, 15) is 4.79 Å². The summed E-state index contributed by atoms with van der Waals surface area (Å²) in [5, 5.41) is 6.67. The minimum absolute atomic E-state index is 0.251. The summed E-state index contributed by atoms with van der Waals surface area (Å²) in [5.41, 5.74) is 7.70. The molecule has 0 unspecified atom stereocenters. The fraction of sp³-hybridized carbons (Fsp3) is 0.286. The van der Waals surface area contributed by atoms with Crippen molar-refractivity contribution >= 4 is 34.2 Å². The highest BCUT2D eigenvalue weighted by Gasteiger charge is 2.28. The van der Waals surface area contributed by atoms with Crippen LogP contribution in [0.5, 0.6) is 0 Å². The van der Waals surface area contributed by atoms with Gasteiger partial charge in [0.05, 0.1) is 5.69 Å². The first-order valence-corrected chi connectivity index (χ1v) is 7.51. The van der Waals surface area contributed by atoms with Gasteiger partial charge in [-0.2, -0.15) is 0 Å². The Labute approximate surface area is 130 Å². The van der Waals surface area contributed by atoms with Crippen LogP contribution in [0.2, 0.25) is 0 Å². The zero-order valence-electron chi connectivity index (χ0n) is 10.7. The summed E-state index contributed by atoms with van der Waals surface area (Å²) in [6.07, 6.45) is 2.24. The number of aromatic nitrogens is 1. The second-order valence-electron chi connectivity index (χ2n) is 4.86. The van der Waals surface area contributed by atoms with Crippen molar-refractivity contribution in [2.45, 2.75) is 25.3 Å². The van der Waals surface area contributed by atoms with Crippen LogP contribution in [0.4, 0.5) is 5.69 Å². The van der Waals surface area contributed by atoms with Gasteiger partial charge in [0, 0.05) is 22.1 Å². The summed E-state index contributed by atoms with van der Waals surface area (Å²) in [6.45, 7) is 0.484. The molecule has 1 fully saturated rings. The highest BCUT2D eigenvalue weighted by atomic mass is 127. The Morgan fingerprint density at radius 1 is 1.45 bits per heavy atom. The molecule has 3 N–H and O–H groups in total. The molecule has 0 atom stereocenters. The molecule has 5 nitrogen and oxygen atoms in total. The molecule has 0 spiro atoms. The van der Waals surface area contributed by atoms with Crippen molar-refractivity contribution in [3.63, 3.8) is 0 Å². The van der Waals surface area contributed by atoms with Gasteiger partial charge in [0.2, 0.25) is 0 Å². The zero-order valence-corrected chi connectivity index (χ0v) is 12.9. The van der Waals surface area contributed by atoms with E-state index >= 15 is 0 Å². The summed E-state index contributed by atoms with van der Waals surface area (Å²) in [4.78, 5) is 12.1. The quantitative estimate of drug-likeness (QED) is 0.796. The summed E-state index contributed by atoms with van der Waals surface area (Å²) in [7, 11) is 0. The van der Waals surface area contributed by atoms with Gasteiger partial charge in [-0.1, -0.05) is 11.2 Å². The van der Waals surface area contributed by atoms with Gasteiger partial charge in [0.15, 0.2) is 5.69 Å². The Balaban J connectivity index is 1.74. The summed E-state index contributed by atoms with van der Waals surface area (Å²) >= 11 is 2.17. The van der Waals surface area contributed by atoms with Crippen LogP contribution in [0.15, 0.2) is 28.8 Å². The Hall–Kier alpha value is -1.41. The number of hydrogen-bond donors (Lipinski definition) is 2. The minimum Gasteiger partial charge on any atom is -0.360 e. The zero-order chi connectivity index (χ0) is 14.1. The molecule has 0 aliphatic heterocycles. The molecule has 2 aromatic rings. The summed E-state index contributed by atoms with van der Waals surface area (Å²) in [5.74, 6) is 1.01. The number of anilines is 1. The summed E-state index contributed by atoms with van der Waals surface area (Å²) in [6, 6.07) is 7.43. The lowest BCUT2D eigenvalue weighted by molar-refractivity contribution is 0.101. The number of carbonyl (C=O) groups is 1. The fourth-order valence-electron chi connectivity index (χ4n) is 1.93. The predicted molar refractivity (Wildman–Crippen MR) is 83.5 cm³/mol. The molecule has 1 heterocycles. The molecule has 6 heteroatoms. The number of benzene rings is 1. The third-order valence-corrected chi connectivity index (χ3v) is 4.15. The van der Waals surface area contributed by atoms with Gasteiger partial charge in [0.25, 0.3) is 5.91 Å². The van der Waals surface area contributed by atoms with Crippen molar-refractivity contribution in [3.8, 4) is 0 Å². The van der Waals surface area contributed by atoms with Crippen LogP contribution in [-0.2, 0) is 6.54 Å². The standard InChI is InChI=1S/C14H14IN3O2/c15-10-5-8(7-16)1-4-11(10)17-14(19)12-6-13(20-18-12)9-2-3-9/h1,4-6,9H,2-3,7,16H2,(H,17,19). The van der Waals surface area contributed by atoms with Crippen molar-refractivity contribution in [1.82, 2.24) is 5.16 Å². The Kier molecular flexibility index (Phi) is 3.75. The first kappa shape index (κ1) is 13.6. The van der Waals surface area contributed by atoms with Gasteiger partial charge in [0.1, 0.15) is 5.76 Å². The van der Waals surface area contributed by atoms with E-state index in [1.807, 2.05) is 18.2 Å². The van der Waals surface area contributed by atoms with E-state index < -0.39 is 0 Å². The largest absolute Gasteiger partial charge is 0.360 e. The lowest BCUT2D eigenvalue weighted by Gasteiger charge is -2.07. The third kappa shape index (κ3) is 2.85. The highest BCUT2D eigenvalue weighted by molar-refractivity contribution is 14.1. The number of nitrogens with two attached hydrogens (primary N) is 1. The van der Waals surface area contributed by atoms with E-state index in [1.54, 1.807) is 6.07 Å². The number of amides is 1. The molecule has 1 saturated carbocycles. The maximum atomic E-state index is 12.1. The molecule has 1 aromatic carbocycles. The molecular weight excluding hydrogens is 369 g/mol. The van der Waals surface area contributed by atoms with Crippen LogP contribution in [0.25, 0.3) is 0 Å². The first-order chi connectivity index (χ1) is 9.67. The number of halogens is 1. The number of nitrogens with zero attached hydrogens (tertiary/aromatic N) is 1. The van der Waals surface area contributed by atoms with Crippen LogP contribution in [-0.4, -0.2) is 11.1 Å². The molecule has 1 aliphatic carbocycles. The minimum atomic E-state index is -0.251. The maximum Gasteiger partial charge on any atom is 0.277 e. The SMILES string of the molecule is NCc1ccc(NC(=O)c2cc(C3CC3)on2)c(I)c1. The van der Waals surface area contributed by atoms with E-state index in [2.05, 4.69) is 33.1 Å². The van der Waals surface area contributed by atoms with Crippen molar-refractivity contribution in [3.05, 3.63) is 44.9 Å². The molecule has 0 saturated heterocycles. The lowest BCUT2D eigenvalue weighted by Crippen LogP contribution is -2.13. The van der Waals surface area contributed by atoms with E-state index in [0.717, 1.165) is 33.4 Å². The van der Waals surface area contributed by atoms with Crippen LogP contribution in [0.3, 0.4) is 0 Å². The van der Waals surface area contributed by atoms with Gasteiger partial charge < -0.3 is 15.6 Å². The van der Waals surface area contributed by atoms with Crippen molar-refractivity contribution in [2.24, 2.45) is 5.73 Å². The highest BCUT2D eigenvalue weighted by Crippen LogP contribution is 2.40. The van der Waals surface area contributed by atoms with Crippen molar-refractivity contribution in [1.29, 1.82) is 0 Å². The average molecular weight is 383 g/mol. The lowest BCUT2D eigenvalue weighted by atomic mass is 10.2. The molecule has 0 radical (unpaired) electrons. The maximum absolute atomic E-state index is 12.1. The Bertz CT molecular complexity index is 650. The second-order valence-corrected chi connectivity index (χ2v) is 6.02. The van der Waals surface area contributed by atoms with Crippen LogP contribution in [0, 0.1) is 3.57 Å². The van der Waals surface area contributed by atoms with Crippen LogP contribution in [0.1, 0.15) is 40.6 Å². The van der Waals surface area contributed by atoms with Crippen LogP contribution < -0.4 is 11.1 Å². The van der Waals surface area contributed by atoms with Crippen molar-refractivity contribution < 1.29 is 9.32 Å². The smallest absolute Gasteiger partial charge is 0.277 e. The number of hydrogen-bond acceptors (Lipinski definition) is 4. The van der Waals surface area contributed by atoms with Gasteiger partial charge in [-0.3, -0.25) is 4.79 Å². The molecule has 104 valence electrons. The third-order valence-electron chi connectivity index (χ3n) is 3.26. The molecule has 20 heavy (non-hydrogen) atoms. The number of nitrogens with one attached hydrogen (secondary N) is 1. The Morgan fingerprint density at radius 3 is 2.90 bits per heavy atom. The number of carbonyl (C=O) groups excluding carboxylic acids is 1. The molecule has 0 bridgehead atoms. The molecule has 1 aliphatic rings. The van der Waals surface area contributed by atoms with Gasteiger partial charge >= 0.3 is 0 Å². The monoisotopic (exact) mass is 383 g/mol. The van der Waals surface area contributed by atoms with Crippen LogP contribution >= 0.6 is 22.6 Å². The molecule has 3 rings (SSSR count). The van der Waals surface area contributed by atoms with Gasteiger partial charge in [-0.05, 0) is 53.1 Å². The van der Waals surface area contributed by atoms with Crippen molar-refractivity contribution in [2.75, 3.05) is 5.32 Å². The molecular formula is C14H14IN3O2. The topological polar surface area (TPSA) is 81.1 Å². The summed E-state index contributed by atoms with van der Waals surface area (Å²) < 4.78 is 6.13. The number of rotatable bonds is 4. The van der Waals surface area contributed by atoms with E-state index in [4.69, 9.17) is 10.3 Å².